The van der Waals surface area contributed by atoms with E-state index >= 15 is 0 Å². The summed E-state index contributed by atoms with van der Waals surface area (Å²) in [5, 5.41) is 122. The standard InChI is InChI=1S/C42H72O14/c1-20(2)22(45)10-16-41(8,52)21-9-14-40(7)34(21)42(53,35-32(50)30(48)28(46)23(18-43)54-35)17-26-38(5)13-12-27(37(3,4)25(38)11-15-39(26,40)6)56-36-33(51)31(49)29(47)24(19-44)55-36/h21-36,43-53H,1,9-19H2,2-8H3/t21-,22-,23+,24+,25?,26+,27-,28+,29+,30-,31-,32+,33+,34+,35+,36-,38-,39+,40-,41+,42+/m0/s1. The van der Waals surface area contributed by atoms with Gasteiger partial charge in [-0.1, -0.05) is 46.8 Å². The van der Waals surface area contributed by atoms with E-state index in [0.717, 1.165) is 12.8 Å². The van der Waals surface area contributed by atoms with Gasteiger partial charge in [-0.05, 0) is 111 Å². The Bertz CT molecular complexity index is 1420. The zero-order valence-corrected chi connectivity index (χ0v) is 34.4. The van der Waals surface area contributed by atoms with Gasteiger partial charge in [0.25, 0.3) is 0 Å². The van der Waals surface area contributed by atoms with Gasteiger partial charge in [-0.2, -0.15) is 0 Å². The summed E-state index contributed by atoms with van der Waals surface area (Å²) < 4.78 is 18.5. The first-order chi connectivity index (χ1) is 25.9. The van der Waals surface area contributed by atoms with Crippen LogP contribution in [0.25, 0.3) is 0 Å². The van der Waals surface area contributed by atoms with Crippen LogP contribution in [0, 0.1) is 45.3 Å². The monoisotopic (exact) mass is 800 g/mol. The maximum Gasteiger partial charge on any atom is 0.186 e. The van der Waals surface area contributed by atoms with Crippen LogP contribution < -0.4 is 0 Å². The molecule has 56 heavy (non-hydrogen) atoms. The van der Waals surface area contributed by atoms with E-state index in [2.05, 4.69) is 41.2 Å². The maximum absolute atomic E-state index is 13.6. The van der Waals surface area contributed by atoms with Crippen LogP contribution >= 0.6 is 0 Å². The van der Waals surface area contributed by atoms with E-state index in [1.807, 2.05) is 0 Å². The molecule has 4 saturated carbocycles. The second kappa shape index (κ2) is 15.3. The Labute approximate surface area is 331 Å². The van der Waals surface area contributed by atoms with Crippen molar-refractivity contribution < 1.29 is 70.4 Å². The molecule has 1 unspecified atom stereocenters. The van der Waals surface area contributed by atoms with Crippen molar-refractivity contribution in [2.45, 2.75) is 191 Å². The highest BCUT2D eigenvalue weighted by molar-refractivity contribution is 5.25. The van der Waals surface area contributed by atoms with Crippen LogP contribution in [0.15, 0.2) is 12.2 Å². The van der Waals surface area contributed by atoms with E-state index in [1.165, 1.54) is 0 Å². The molecule has 14 nitrogen and oxygen atoms in total. The molecule has 0 bridgehead atoms. The van der Waals surface area contributed by atoms with Gasteiger partial charge in [-0.3, -0.25) is 0 Å². The minimum Gasteiger partial charge on any atom is -0.394 e. The lowest BCUT2D eigenvalue weighted by atomic mass is 9.33. The number of hydrogen-bond acceptors (Lipinski definition) is 14. The van der Waals surface area contributed by atoms with E-state index in [-0.39, 0.29) is 36.5 Å². The van der Waals surface area contributed by atoms with Crippen LogP contribution in [-0.2, 0) is 14.2 Å². The Morgan fingerprint density at radius 2 is 1.36 bits per heavy atom. The zero-order valence-electron chi connectivity index (χ0n) is 34.4. The maximum atomic E-state index is 13.6. The van der Waals surface area contributed by atoms with Gasteiger partial charge in [0, 0.05) is 5.92 Å². The van der Waals surface area contributed by atoms with Gasteiger partial charge < -0.3 is 70.4 Å². The van der Waals surface area contributed by atoms with E-state index in [1.54, 1.807) is 13.8 Å². The molecule has 6 rings (SSSR count). The lowest BCUT2D eigenvalue weighted by molar-refractivity contribution is -0.344. The van der Waals surface area contributed by atoms with Gasteiger partial charge in [0.2, 0.25) is 0 Å². The molecule has 0 aromatic heterocycles. The number of fused-ring (bicyclic) bond motifs is 5. The molecule has 21 atom stereocenters. The summed E-state index contributed by atoms with van der Waals surface area (Å²) in [5.74, 6) is -1.30. The fourth-order valence-corrected chi connectivity index (χ4v) is 13.8. The average molecular weight is 801 g/mol. The fraction of sp³-hybridized carbons (Fsp3) is 0.952. The van der Waals surface area contributed by atoms with Gasteiger partial charge in [0.1, 0.15) is 54.9 Å². The molecule has 0 aromatic rings. The second-order valence-corrected chi connectivity index (χ2v) is 20.5. The molecule has 2 heterocycles. The normalized spacial score (nSPS) is 53.3. The minimum atomic E-state index is -1.84. The minimum absolute atomic E-state index is 0.0137. The quantitative estimate of drug-likeness (QED) is 0.107. The number of aliphatic hydroxyl groups excluding tert-OH is 9. The van der Waals surface area contributed by atoms with Gasteiger partial charge in [-0.25, -0.2) is 0 Å². The van der Waals surface area contributed by atoms with Crippen molar-refractivity contribution in [2.24, 2.45) is 45.3 Å². The third kappa shape index (κ3) is 6.68. The van der Waals surface area contributed by atoms with E-state index in [9.17, 15) is 56.2 Å². The molecule has 6 fully saturated rings. The first-order valence-electron chi connectivity index (χ1n) is 20.9. The Hall–Kier alpha value is -0.820. The molecule has 0 amide bonds. The Balaban J connectivity index is 1.39. The molecule has 0 aromatic carbocycles. The smallest absolute Gasteiger partial charge is 0.186 e. The molecule has 0 spiro atoms. The summed E-state index contributed by atoms with van der Waals surface area (Å²) in [7, 11) is 0. The van der Waals surface area contributed by atoms with Crippen molar-refractivity contribution in [1.82, 2.24) is 0 Å². The number of rotatable bonds is 10. The number of ether oxygens (including phenoxy) is 3. The summed E-state index contributed by atoms with van der Waals surface area (Å²) >= 11 is 0. The topological polar surface area (TPSA) is 250 Å². The SMILES string of the molecule is C=C(C)[C@@H](O)CC[C@@](C)(O)[C@H]1CC[C@@]2(C)[C@@H]1[C@@](O)([C@@H]1O[C@H](CO)[C@@H](O)[C@H](O)[C@H]1O)C[C@@H]1[C@@]3(C)CC[C@H](O[C@@H]4O[C@H](CO)[C@@H](O)[C@H](O)[C@H]4O)C(C)(C)C3CC[C@]12C. The van der Waals surface area contributed by atoms with Crippen molar-refractivity contribution in [2.75, 3.05) is 13.2 Å². The van der Waals surface area contributed by atoms with Crippen LogP contribution in [0.2, 0.25) is 0 Å². The third-order valence-corrected chi connectivity index (χ3v) is 17.2. The first kappa shape index (κ1) is 44.7. The van der Waals surface area contributed by atoms with Crippen LogP contribution in [0.4, 0.5) is 0 Å². The van der Waals surface area contributed by atoms with E-state index < -0.39 is 126 Å². The molecular weight excluding hydrogens is 728 g/mol. The predicted octanol–water partition coefficient (Wildman–Crippen LogP) is 0.508. The summed E-state index contributed by atoms with van der Waals surface area (Å²) in [6.07, 6.45) is -11.3. The van der Waals surface area contributed by atoms with Crippen LogP contribution in [0.5, 0.6) is 0 Å². The lowest BCUT2D eigenvalue weighted by Gasteiger charge is -2.73. The molecule has 6 aliphatic rings. The lowest BCUT2D eigenvalue weighted by Crippen LogP contribution is -2.75. The summed E-state index contributed by atoms with van der Waals surface area (Å²) in [6.45, 7) is 17.1. The van der Waals surface area contributed by atoms with Gasteiger partial charge in [-0.15, -0.1) is 0 Å². The Kier molecular flexibility index (Phi) is 12.2. The van der Waals surface area contributed by atoms with E-state index in [0.29, 0.717) is 31.3 Å². The largest absolute Gasteiger partial charge is 0.394 e. The molecule has 11 N–H and O–H groups in total. The Morgan fingerprint density at radius 3 is 1.95 bits per heavy atom. The molecule has 2 aliphatic heterocycles. The summed E-state index contributed by atoms with van der Waals surface area (Å²) in [6, 6.07) is 0. The first-order valence-corrected chi connectivity index (χ1v) is 20.9. The van der Waals surface area contributed by atoms with Crippen LogP contribution in [0.1, 0.15) is 106 Å². The third-order valence-electron chi connectivity index (χ3n) is 17.2. The van der Waals surface area contributed by atoms with Crippen molar-refractivity contribution in [3.05, 3.63) is 12.2 Å². The zero-order chi connectivity index (χ0) is 41.7. The van der Waals surface area contributed by atoms with Crippen LogP contribution in [0.3, 0.4) is 0 Å². The molecular formula is C42H72O14. The van der Waals surface area contributed by atoms with Gasteiger partial charge in [0.05, 0.1) is 36.6 Å². The molecule has 2 saturated heterocycles. The second-order valence-electron chi connectivity index (χ2n) is 20.5. The summed E-state index contributed by atoms with van der Waals surface area (Å²) in [5.41, 5.74) is -4.56. The fourth-order valence-electron chi connectivity index (χ4n) is 13.8. The van der Waals surface area contributed by atoms with Crippen LogP contribution in [-0.4, -0.2) is 154 Å². The predicted molar refractivity (Wildman–Crippen MR) is 202 cm³/mol. The highest BCUT2D eigenvalue weighted by Crippen LogP contribution is 2.78. The van der Waals surface area contributed by atoms with Gasteiger partial charge in [0.15, 0.2) is 6.29 Å². The highest BCUT2D eigenvalue weighted by Gasteiger charge is 2.76. The molecule has 324 valence electrons. The van der Waals surface area contributed by atoms with Crippen molar-refractivity contribution in [1.29, 1.82) is 0 Å². The number of aliphatic hydroxyl groups is 11. The molecule has 14 heteroatoms. The van der Waals surface area contributed by atoms with Crippen molar-refractivity contribution in [3.63, 3.8) is 0 Å². The van der Waals surface area contributed by atoms with Gasteiger partial charge >= 0.3 is 0 Å². The molecule has 4 aliphatic carbocycles. The van der Waals surface area contributed by atoms with Crippen molar-refractivity contribution in [3.8, 4) is 0 Å². The summed E-state index contributed by atoms with van der Waals surface area (Å²) in [4.78, 5) is 0. The Morgan fingerprint density at radius 1 is 0.786 bits per heavy atom. The van der Waals surface area contributed by atoms with E-state index in [4.69, 9.17) is 14.2 Å². The highest BCUT2D eigenvalue weighted by atomic mass is 16.7. The average Bonchev–Trinajstić information content (AvgIpc) is 3.53. The number of hydrogen-bond donors (Lipinski definition) is 11. The molecule has 0 radical (unpaired) electrons. The van der Waals surface area contributed by atoms with Crippen molar-refractivity contribution >= 4 is 0 Å².